The maximum absolute atomic E-state index is 12.1. The predicted octanol–water partition coefficient (Wildman–Crippen LogP) is 3.21. The Morgan fingerprint density at radius 2 is 1.82 bits per heavy atom. The van der Waals surface area contributed by atoms with Crippen LogP contribution in [-0.4, -0.2) is 36.2 Å². The Morgan fingerprint density at radius 3 is 2.32 bits per heavy atom. The lowest BCUT2D eigenvalue weighted by molar-refractivity contribution is 0.0109. The van der Waals surface area contributed by atoms with E-state index in [-0.39, 0.29) is 11.5 Å². The number of carbonyl (C=O) groups excluding carboxylic acids is 1. The Morgan fingerprint density at radius 1 is 1.23 bits per heavy atom. The summed E-state index contributed by atoms with van der Waals surface area (Å²) < 4.78 is 5.45. The molecule has 1 heterocycles. The van der Waals surface area contributed by atoms with Crippen molar-refractivity contribution in [3.8, 4) is 0 Å². The van der Waals surface area contributed by atoms with Crippen LogP contribution >= 0.6 is 0 Å². The molecule has 1 saturated heterocycles. The maximum Gasteiger partial charge on any atom is 0.410 e. The number of likely N-dealkylation sites (tertiary alicyclic amines) is 1. The van der Waals surface area contributed by atoms with E-state index in [1.165, 1.54) is 5.56 Å². The van der Waals surface area contributed by atoms with Crippen LogP contribution in [0.5, 0.6) is 0 Å². The molecule has 0 aliphatic carbocycles. The van der Waals surface area contributed by atoms with E-state index >= 15 is 0 Å². The molecular weight excluding hydrogens is 276 g/mol. The Labute approximate surface area is 133 Å². The first kappa shape index (κ1) is 16.8. The summed E-state index contributed by atoms with van der Waals surface area (Å²) >= 11 is 0. The average molecular weight is 304 g/mol. The van der Waals surface area contributed by atoms with Gasteiger partial charge in [0.2, 0.25) is 0 Å². The van der Waals surface area contributed by atoms with Gasteiger partial charge in [-0.1, -0.05) is 30.3 Å². The summed E-state index contributed by atoms with van der Waals surface area (Å²) in [5.41, 5.74) is 7.05. The minimum absolute atomic E-state index is 0.0971. The van der Waals surface area contributed by atoms with Crippen molar-refractivity contribution in [2.24, 2.45) is 11.1 Å². The summed E-state index contributed by atoms with van der Waals surface area (Å²) in [7, 11) is 0. The minimum atomic E-state index is -0.441. The Balaban J connectivity index is 1.95. The summed E-state index contributed by atoms with van der Waals surface area (Å²) in [4.78, 5) is 14.0. The van der Waals surface area contributed by atoms with Crippen molar-refractivity contribution in [2.45, 2.75) is 45.6 Å². The van der Waals surface area contributed by atoms with Crippen molar-refractivity contribution < 1.29 is 9.53 Å². The van der Waals surface area contributed by atoms with Gasteiger partial charge in [0.25, 0.3) is 0 Å². The highest BCUT2D eigenvalue weighted by Gasteiger charge is 2.36. The topological polar surface area (TPSA) is 55.6 Å². The quantitative estimate of drug-likeness (QED) is 0.933. The van der Waals surface area contributed by atoms with Crippen molar-refractivity contribution >= 4 is 6.09 Å². The third kappa shape index (κ3) is 4.47. The highest BCUT2D eigenvalue weighted by atomic mass is 16.6. The molecule has 0 atom stereocenters. The Bertz CT molecular complexity index is 486. The van der Waals surface area contributed by atoms with Crippen LogP contribution in [0, 0.1) is 5.41 Å². The smallest absolute Gasteiger partial charge is 0.410 e. The van der Waals surface area contributed by atoms with Crippen LogP contribution in [0.3, 0.4) is 0 Å². The summed E-state index contributed by atoms with van der Waals surface area (Å²) in [6.45, 7) is 7.79. The van der Waals surface area contributed by atoms with Gasteiger partial charge in [-0.2, -0.15) is 0 Å². The number of ether oxygens (including phenoxy) is 1. The van der Waals surface area contributed by atoms with E-state index in [0.29, 0.717) is 6.54 Å². The molecule has 0 unspecified atom stereocenters. The van der Waals surface area contributed by atoms with Gasteiger partial charge in [-0.3, -0.25) is 0 Å². The van der Waals surface area contributed by atoms with E-state index in [4.69, 9.17) is 10.5 Å². The van der Waals surface area contributed by atoms with Gasteiger partial charge in [0, 0.05) is 13.1 Å². The highest BCUT2D eigenvalue weighted by Crippen LogP contribution is 2.34. The number of nitrogens with two attached hydrogens (primary N) is 1. The SMILES string of the molecule is CC(C)(C)OC(=O)N1CCC(CN)(Cc2ccccc2)CC1. The molecule has 1 amide bonds. The number of carbonyl (C=O) groups is 1. The summed E-state index contributed by atoms with van der Waals surface area (Å²) in [5.74, 6) is 0. The van der Waals surface area contributed by atoms with Crippen molar-refractivity contribution in [2.75, 3.05) is 19.6 Å². The molecule has 22 heavy (non-hydrogen) atoms. The monoisotopic (exact) mass is 304 g/mol. The van der Waals surface area contributed by atoms with E-state index in [1.807, 2.05) is 31.7 Å². The first-order valence-electron chi connectivity index (χ1n) is 8.06. The molecule has 0 radical (unpaired) electrons. The molecule has 1 aliphatic rings. The van der Waals surface area contributed by atoms with Crippen LogP contribution in [0.15, 0.2) is 30.3 Å². The molecule has 2 rings (SSSR count). The second-order valence-electron chi connectivity index (χ2n) is 7.33. The van der Waals surface area contributed by atoms with Crippen LogP contribution in [-0.2, 0) is 11.2 Å². The van der Waals surface area contributed by atoms with Gasteiger partial charge in [0.05, 0.1) is 0 Å². The molecule has 1 aromatic carbocycles. The van der Waals surface area contributed by atoms with E-state index in [0.717, 1.165) is 32.4 Å². The standard InChI is InChI=1S/C18H28N2O2/c1-17(2,3)22-16(21)20-11-9-18(14-19,10-12-20)13-15-7-5-4-6-8-15/h4-8H,9-14,19H2,1-3H3. The molecular formula is C18H28N2O2. The third-order valence-electron chi connectivity index (χ3n) is 4.33. The Kier molecular flexibility index (Phi) is 5.12. The van der Waals surface area contributed by atoms with E-state index < -0.39 is 5.60 Å². The first-order valence-corrected chi connectivity index (χ1v) is 8.06. The van der Waals surface area contributed by atoms with Gasteiger partial charge in [0.15, 0.2) is 0 Å². The van der Waals surface area contributed by atoms with Crippen LogP contribution < -0.4 is 5.73 Å². The Hall–Kier alpha value is -1.55. The molecule has 1 aliphatic heterocycles. The molecule has 4 nitrogen and oxygen atoms in total. The highest BCUT2D eigenvalue weighted by molar-refractivity contribution is 5.68. The van der Waals surface area contributed by atoms with Gasteiger partial charge < -0.3 is 15.4 Å². The number of amides is 1. The molecule has 1 fully saturated rings. The fraction of sp³-hybridized carbons (Fsp3) is 0.611. The summed E-state index contributed by atoms with van der Waals surface area (Å²) in [6.07, 6.45) is 2.62. The molecule has 122 valence electrons. The van der Waals surface area contributed by atoms with Crippen LogP contribution in [0.4, 0.5) is 4.79 Å². The molecule has 0 aromatic heterocycles. The van der Waals surface area contributed by atoms with Crippen molar-refractivity contribution in [1.82, 2.24) is 4.90 Å². The summed E-state index contributed by atoms with van der Waals surface area (Å²) in [6, 6.07) is 10.5. The number of piperidine rings is 1. The normalized spacial score (nSPS) is 18.1. The van der Waals surface area contributed by atoms with E-state index in [2.05, 4.69) is 24.3 Å². The zero-order valence-electron chi connectivity index (χ0n) is 14.0. The largest absolute Gasteiger partial charge is 0.444 e. The lowest BCUT2D eigenvalue weighted by atomic mass is 9.74. The van der Waals surface area contributed by atoms with Gasteiger partial charge >= 0.3 is 6.09 Å². The number of hydrogen-bond acceptors (Lipinski definition) is 3. The van der Waals surface area contributed by atoms with Crippen molar-refractivity contribution in [1.29, 1.82) is 0 Å². The van der Waals surface area contributed by atoms with E-state index in [9.17, 15) is 4.79 Å². The molecule has 1 aromatic rings. The summed E-state index contributed by atoms with van der Waals surface area (Å²) in [5, 5.41) is 0. The molecule has 4 heteroatoms. The fourth-order valence-electron chi connectivity index (χ4n) is 2.97. The molecule has 0 spiro atoms. The molecule has 0 bridgehead atoms. The second kappa shape index (κ2) is 6.69. The van der Waals surface area contributed by atoms with Crippen molar-refractivity contribution in [3.63, 3.8) is 0 Å². The van der Waals surface area contributed by atoms with Gasteiger partial charge in [0.1, 0.15) is 5.60 Å². The first-order chi connectivity index (χ1) is 10.3. The number of benzene rings is 1. The zero-order chi connectivity index (χ0) is 16.2. The van der Waals surface area contributed by atoms with Gasteiger partial charge in [-0.25, -0.2) is 4.79 Å². The van der Waals surface area contributed by atoms with Crippen LogP contribution in [0.2, 0.25) is 0 Å². The number of rotatable bonds is 3. The number of hydrogen-bond donors (Lipinski definition) is 1. The van der Waals surface area contributed by atoms with Gasteiger partial charge in [-0.15, -0.1) is 0 Å². The zero-order valence-corrected chi connectivity index (χ0v) is 14.0. The average Bonchev–Trinajstić information content (AvgIpc) is 2.47. The van der Waals surface area contributed by atoms with Crippen molar-refractivity contribution in [3.05, 3.63) is 35.9 Å². The maximum atomic E-state index is 12.1. The molecule has 2 N–H and O–H groups in total. The minimum Gasteiger partial charge on any atom is -0.444 e. The van der Waals surface area contributed by atoms with Crippen LogP contribution in [0.1, 0.15) is 39.2 Å². The molecule has 0 saturated carbocycles. The number of nitrogens with zero attached hydrogens (tertiary/aromatic N) is 1. The lowest BCUT2D eigenvalue weighted by Crippen LogP contribution is -2.48. The third-order valence-corrected chi connectivity index (χ3v) is 4.33. The lowest BCUT2D eigenvalue weighted by Gasteiger charge is -2.41. The second-order valence-corrected chi connectivity index (χ2v) is 7.33. The van der Waals surface area contributed by atoms with E-state index in [1.54, 1.807) is 0 Å². The predicted molar refractivity (Wildman–Crippen MR) is 88.7 cm³/mol. The van der Waals surface area contributed by atoms with Gasteiger partial charge in [-0.05, 0) is 57.6 Å². The fourth-order valence-corrected chi connectivity index (χ4v) is 2.97. The van der Waals surface area contributed by atoms with Crippen LogP contribution in [0.25, 0.3) is 0 Å².